The molecule has 0 aliphatic heterocycles. The van der Waals surface area contributed by atoms with E-state index >= 15 is 0 Å². The molecule has 0 spiro atoms. The highest BCUT2D eigenvalue weighted by molar-refractivity contribution is 5.93. The quantitative estimate of drug-likeness (QED) is 0.710. The fraction of sp³-hybridized carbons (Fsp3) is 0.333. The lowest BCUT2D eigenvalue weighted by atomic mass is 10.3. The highest BCUT2D eigenvalue weighted by Gasteiger charge is 2.04. The summed E-state index contributed by atoms with van der Waals surface area (Å²) >= 11 is 0. The number of nitrogens with one attached hydrogen (secondary N) is 1. The minimum Gasteiger partial charge on any atom is -0.271 e. The first kappa shape index (κ1) is 9.67. The molecule has 1 N–H and O–H groups in total. The van der Waals surface area contributed by atoms with E-state index in [-0.39, 0.29) is 12.0 Å². The number of hydrogen-bond donors (Lipinski definition) is 1. The van der Waals surface area contributed by atoms with Crippen LogP contribution in [-0.2, 0) is 4.84 Å². The maximum Gasteiger partial charge on any atom is 0.274 e. The van der Waals surface area contributed by atoms with Gasteiger partial charge < -0.3 is 0 Å². The molecule has 0 aliphatic rings. The summed E-state index contributed by atoms with van der Waals surface area (Å²) in [6, 6.07) is 3.25. The van der Waals surface area contributed by atoms with E-state index in [9.17, 15) is 4.79 Å². The van der Waals surface area contributed by atoms with Gasteiger partial charge in [0.25, 0.3) is 5.91 Å². The fourth-order valence-corrected chi connectivity index (χ4v) is 0.734. The third-order valence-corrected chi connectivity index (χ3v) is 1.33. The minimum absolute atomic E-state index is 0.0224. The smallest absolute Gasteiger partial charge is 0.271 e. The van der Waals surface area contributed by atoms with Crippen LogP contribution in [0.2, 0.25) is 0 Å². The SMILES string of the molecule is CC(C)ONC(=O)c1ccncc1. The van der Waals surface area contributed by atoms with Gasteiger partial charge in [-0.1, -0.05) is 0 Å². The number of pyridine rings is 1. The second-order valence-electron chi connectivity index (χ2n) is 2.83. The maximum atomic E-state index is 11.3. The van der Waals surface area contributed by atoms with E-state index in [4.69, 9.17) is 4.84 Å². The van der Waals surface area contributed by atoms with E-state index in [0.29, 0.717) is 5.56 Å². The van der Waals surface area contributed by atoms with E-state index in [1.165, 1.54) is 0 Å². The molecule has 1 aromatic rings. The van der Waals surface area contributed by atoms with Crippen molar-refractivity contribution in [2.45, 2.75) is 20.0 Å². The van der Waals surface area contributed by atoms with Crippen molar-refractivity contribution < 1.29 is 9.63 Å². The summed E-state index contributed by atoms with van der Waals surface area (Å²) in [4.78, 5) is 20.0. The van der Waals surface area contributed by atoms with Gasteiger partial charge in [-0.2, -0.15) is 0 Å². The molecule has 13 heavy (non-hydrogen) atoms. The lowest BCUT2D eigenvalue weighted by Gasteiger charge is -2.07. The van der Waals surface area contributed by atoms with E-state index in [1.807, 2.05) is 13.8 Å². The molecule has 1 aromatic heterocycles. The van der Waals surface area contributed by atoms with Gasteiger partial charge in [-0.3, -0.25) is 14.6 Å². The Morgan fingerprint density at radius 2 is 2.08 bits per heavy atom. The van der Waals surface area contributed by atoms with Crippen LogP contribution in [0.5, 0.6) is 0 Å². The number of hydroxylamine groups is 1. The van der Waals surface area contributed by atoms with Crippen molar-refractivity contribution >= 4 is 5.91 Å². The Kier molecular flexibility index (Phi) is 3.40. The molecule has 0 atom stereocenters. The van der Waals surface area contributed by atoms with Crippen molar-refractivity contribution in [3.63, 3.8) is 0 Å². The van der Waals surface area contributed by atoms with E-state index in [0.717, 1.165) is 0 Å². The lowest BCUT2D eigenvalue weighted by Crippen LogP contribution is -2.26. The van der Waals surface area contributed by atoms with Crippen LogP contribution >= 0.6 is 0 Å². The number of aromatic nitrogens is 1. The van der Waals surface area contributed by atoms with Gasteiger partial charge in [0, 0.05) is 18.0 Å². The van der Waals surface area contributed by atoms with Crippen LogP contribution in [0.3, 0.4) is 0 Å². The topological polar surface area (TPSA) is 51.2 Å². The summed E-state index contributed by atoms with van der Waals surface area (Å²) in [5.74, 6) is -0.254. The highest BCUT2D eigenvalue weighted by Crippen LogP contribution is 1.95. The molecular formula is C9H12N2O2. The summed E-state index contributed by atoms with van der Waals surface area (Å²) in [7, 11) is 0. The average Bonchev–Trinajstić information content (AvgIpc) is 2.15. The lowest BCUT2D eigenvalue weighted by molar-refractivity contribution is 0.000184. The Bertz CT molecular complexity index is 272. The van der Waals surface area contributed by atoms with Gasteiger partial charge in [0.05, 0.1) is 6.10 Å². The number of hydrogen-bond acceptors (Lipinski definition) is 3. The third kappa shape index (κ3) is 3.21. The van der Waals surface area contributed by atoms with Gasteiger partial charge >= 0.3 is 0 Å². The molecule has 4 heteroatoms. The van der Waals surface area contributed by atoms with Gasteiger partial charge in [-0.25, -0.2) is 5.48 Å². The molecule has 0 bridgehead atoms. The summed E-state index contributed by atoms with van der Waals surface area (Å²) in [6.07, 6.45) is 3.10. The zero-order valence-electron chi connectivity index (χ0n) is 7.65. The van der Waals surface area contributed by atoms with Crippen molar-refractivity contribution in [1.29, 1.82) is 0 Å². The molecule has 70 valence electrons. The number of carbonyl (C=O) groups is 1. The van der Waals surface area contributed by atoms with Gasteiger partial charge in [0.15, 0.2) is 0 Å². The third-order valence-electron chi connectivity index (χ3n) is 1.33. The molecule has 0 saturated heterocycles. The average molecular weight is 180 g/mol. The first-order valence-electron chi connectivity index (χ1n) is 4.06. The Morgan fingerprint density at radius 3 is 2.62 bits per heavy atom. The molecule has 0 radical (unpaired) electrons. The molecule has 0 saturated carbocycles. The molecule has 1 rings (SSSR count). The minimum atomic E-state index is -0.254. The Morgan fingerprint density at radius 1 is 1.46 bits per heavy atom. The molecule has 0 unspecified atom stereocenters. The van der Waals surface area contributed by atoms with Gasteiger partial charge in [0.1, 0.15) is 0 Å². The number of carbonyl (C=O) groups excluding carboxylic acids is 1. The van der Waals surface area contributed by atoms with Crippen LogP contribution in [-0.4, -0.2) is 17.0 Å². The van der Waals surface area contributed by atoms with Crippen LogP contribution in [0.4, 0.5) is 0 Å². The number of amides is 1. The van der Waals surface area contributed by atoms with Crippen molar-refractivity contribution in [3.05, 3.63) is 30.1 Å². The number of nitrogens with zero attached hydrogens (tertiary/aromatic N) is 1. The highest BCUT2D eigenvalue weighted by atomic mass is 16.7. The second kappa shape index (κ2) is 4.57. The second-order valence-corrected chi connectivity index (χ2v) is 2.83. The summed E-state index contributed by atoms with van der Waals surface area (Å²) in [5.41, 5.74) is 2.87. The zero-order valence-corrected chi connectivity index (χ0v) is 7.65. The molecular weight excluding hydrogens is 168 g/mol. The van der Waals surface area contributed by atoms with Gasteiger partial charge in [-0.15, -0.1) is 0 Å². The molecule has 1 heterocycles. The molecule has 0 fully saturated rings. The Balaban J connectivity index is 2.50. The predicted octanol–water partition coefficient (Wildman–Crippen LogP) is 1.15. The van der Waals surface area contributed by atoms with Crippen molar-refractivity contribution in [2.75, 3.05) is 0 Å². The van der Waals surface area contributed by atoms with Gasteiger partial charge in [-0.05, 0) is 26.0 Å². The Labute approximate surface area is 76.9 Å². The van der Waals surface area contributed by atoms with E-state index < -0.39 is 0 Å². The van der Waals surface area contributed by atoms with E-state index in [2.05, 4.69) is 10.5 Å². The van der Waals surface area contributed by atoms with Crippen LogP contribution < -0.4 is 5.48 Å². The predicted molar refractivity (Wildman–Crippen MR) is 47.9 cm³/mol. The normalized spacial score (nSPS) is 10.1. The first-order chi connectivity index (χ1) is 6.20. The standard InChI is InChI=1S/C9H12N2O2/c1-7(2)13-11-9(12)8-3-5-10-6-4-8/h3-7H,1-2H3,(H,11,12). The first-order valence-corrected chi connectivity index (χ1v) is 4.06. The molecule has 4 nitrogen and oxygen atoms in total. The van der Waals surface area contributed by atoms with Crippen LogP contribution in [0, 0.1) is 0 Å². The monoisotopic (exact) mass is 180 g/mol. The molecule has 0 aromatic carbocycles. The maximum absolute atomic E-state index is 11.3. The van der Waals surface area contributed by atoms with Crippen LogP contribution in [0.1, 0.15) is 24.2 Å². The molecule has 0 aliphatic carbocycles. The Hall–Kier alpha value is -1.42. The summed E-state index contributed by atoms with van der Waals surface area (Å²) in [6.45, 7) is 3.68. The van der Waals surface area contributed by atoms with Gasteiger partial charge in [0.2, 0.25) is 0 Å². The van der Waals surface area contributed by atoms with Crippen LogP contribution in [0.15, 0.2) is 24.5 Å². The van der Waals surface area contributed by atoms with Crippen molar-refractivity contribution in [1.82, 2.24) is 10.5 Å². The van der Waals surface area contributed by atoms with E-state index in [1.54, 1.807) is 24.5 Å². The zero-order chi connectivity index (χ0) is 9.68. The fourth-order valence-electron chi connectivity index (χ4n) is 0.734. The van der Waals surface area contributed by atoms with Crippen LogP contribution in [0.25, 0.3) is 0 Å². The molecule has 1 amide bonds. The van der Waals surface area contributed by atoms with Crippen molar-refractivity contribution in [3.8, 4) is 0 Å². The van der Waals surface area contributed by atoms with Crippen molar-refractivity contribution in [2.24, 2.45) is 0 Å². The largest absolute Gasteiger partial charge is 0.274 e. The number of rotatable bonds is 3. The summed E-state index contributed by atoms with van der Waals surface area (Å²) < 4.78 is 0. The summed E-state index contributed by atoms with van der Waals surface area (Å²) in [5, 5.41) is 0.